The van der Waals surface area contributed by atoms with Crippen molar-refractivity contribution in [1.82, 2.24) is 10.2 Å². The van der Waals surface area contributed by atoms with Crippen LogP contribution in [-0.2, 0) is 17.6 Å². The number of aliphatic hydroxyl groups is 1. The van der Waals surface area contributed by atoms with Crippen molar-refractivity contribution < 1.29 is 20.1 Å². The van der Waals surface area contributed by atoms with Gasteiger partial charge in [0, 0.05) is 18.2 Å². The Bertz CT molecular complexity index is 1090. The number of likely N-dealkylation sites (tertiary alicyclic amines) is 1. The Hall–Kier alpha value is -2.83. The molecule has 1 amide bonds. The summed E-state index contributed by atoms with van der Waals surface area (Å²) in [5, 5.41) is 34.9. The molecule has 6 nitrogen and oxygen atoms in total. The van der Waals surface area contributed by atoms with E-state index in [1.165, 1.54) is 11.6 Å². The van der Waals surface area contributed by atoms with Crippen molar-refractivity contribution in [3.8, 4) is 11.5 Å². The third-order valence-corrected chi connectivity index (χ3v) is 8.52. The average Bonchev–Trinajstić information content (AvgIpc) is 3.29. The van der Waals surface area contributed by atoms with Gasteiger partial charge in [-0.2, -0.15) is 0 Å². The fourth-order valence-electron chi connectivity index (χ4n) is 6.10. The summed E-state index contributed by atoms with van der Waals surface area (Å²) in [6.07, 6.45) is 10.3. The van der Waals surface area contributed by atoms with Crippen LogP contribution >= 0.6 is 0 Å². The van der Waals surface area contributed by atoms with Crippen molar-refractivity contribution in [2.24, 2.45) is 5.92 Å². The van der Waals surface area contributed by atoms with E-state index in [9.17, 15) is 20.1 Å². The fraction of sp³-hybridized carbons (Fsp3) is 0.531. The third-order valence-electron chi connectivity index (χ3n) is 8.52. The minimum Gasteiger partial charge on any atom is -0.504 e. The van der Waals surface area contributed by atoms with Crippen LogP contribution in [0.5, 0.6) is 11.5 Å². The normalized spacial score (nSPS) is 24.8. The standard InChI is InChI=1S/C32H44N2O4/c1-2-3-19-33-20-15-27-23-28(14-18-32(27,38)17-13-25-10-12-29(35)30(36)22-25)34-21-16-26(31(34)37)11-9-24-7-5-4-6-8-24/h4-8,10-12,22,27-28,33,35-36,38H,2-3,9,13-21,23H2,1H3/b26-11+. The molecular weight excluding hydrogens is 476 g/mol. The summed E-state index contributed by atoms with van der Waals surface area (Å²) in [6, 6.07) is 15.3. The number of carbonyl (C=O) groups is 1. The van der Waals surface area contributed by atoms with Gasteiger partial charge in [0.2, 0.25) is 5.91 Å². The van der Waals surface area contributed by atoms with E-state index < -0.39 is 5.60 Å². The van der Waals surface area contributed by atoms with Gasteiger partial charge in [-0.05, 0) is 100 Å². The largest absolute Gasteiger partial charge is 0.504 e. The lowest BCUT2D eigenvalue weighted by Crippen LogP contribution is -2.50. The summed E-state index contributed by atoms with van der Waals surface area (Å²) < 4.78 is 0. The van der Waals surface area contributed by atoms with Gasteiger partial charge in [0.25, 0.3) is 0 Å². The molecular formula is C32H44N2O4. The second-order valence-electron chi connectivity index (χ2n) is 11.1. The number of benzene rings is 2. The van der Waals surface area contributed by atoms with Crippen LogP contribution in [0.25, 0.3) is 0 Å². The van der Waals surface area contributed by atoms with Gasteiger partial charge >= 0.3 is 0 Å². The molecule has 2 aromatic carbocycles. The molecule has 3 unspecified atom stereocenters. The zero-order valence-corrected chi connectivity index (χ0v) is 22.7. The van der Waals surface area contributed by atoms with Crippen LogP contribution in [0.2, 0.25) is 0 Å². The number of unbranched alkanes of at least 4 members (excludes halogenated alkanes) is 1. The lowest BCUT2D eigenvalue weighted by molar-refractivity contribution is -0.131. The predicted molar refractivity (Wildman–Crippen MR) is 151 cm³/mol. The summed E-state index contributed by atoms with van der Waals surface area (Å²) in [5.41, 5.74) is 2.22. The van der Waals surface area contributed by atoms with Crippen LogP contribution < -0.4 is 5.32 Å². The number of hydrogen-bond acceptors (Lipinski definition) is 5. The fourth-order valence-corrected chi connectivity index (χ4v) is 6.10. The Kier molecular flexibility index (Phi) is 9.86. The number of aryl methyl sites for hydroxylation is 1. The number of phenols is 2. The van der Waals surface area contributed by atoms with E-state index in [-0.39, 0.29) is 29.4 Å². The second-order valence-corrected chi connectivity index (χ2v) is 11.1. The number of phenolic OH excluding ortho intramolecular Hbond substituents is 2. The van der Waals surface area contributed by atoms with E-state index in [1.54, 1.807) is 12.1 Å². The topological polar surface area (TPSA) is 93.0 Å². The number of allylic oxidation sites excluding steroid dienone is 1. The maximum atomic E-state index is 13.3. The number of amides is 1. The van der Waals surface area contributed by atoms with Crippen molar-refractivity contribution in [3.05, 3.63) is 71.3 Å². The molecule has 0 spiro atoms. The molecule has 206 valence electrons. The first-order chi connectivity index (χ1) is 18.4. The molecule has 2 fully saturated rings. The number of carbonyl (C=O) groups excluding carboxylic acids is 1. The smallest absolute Gasteiger partial charge is 0.249 e. The molecule has 2 aliphatic rings. The summed E-state index contributed by atoms with van der Waals surface area (Å²) in [5.74, 6) is -0.00277. The summed E-state index contributed by atoms with van der Waals surface area (Å²) in [4.78, 5) is 15.4. The van der Waals surface area contributed by atoms with Gasteiger partial charge in [-0.15, -0.1) is 0 Å². The van der Waals surface area contributed by atoms with Gasteiger partial charge in [-0.25, -0.2) is 0 Å². The number of nitrogens with zero attached hydrogens (tertiary/aromatic N) is 1. The zero-order valence-electron chi connectivity index (χ0n) is 22.7. The van der Waals surface area contributed by atoms with E-state index in [4.69, 9.17) is 0 Å². The summed E-state index contributed by atoms with van der Waals surface area (Å²) in [6.45, 7) is 4.79. The SMILES string of the molecule is CCCCNCCC1CC(N2CC/C(=C\Cc3ccccc3)C2=O)CCC1(O)CCc1ccc(O)c(O)c1. The molecule has 1 saturated carbocycles. The first-order valence-corrected chi connectivity index (χ1v) is 14.4. The molecule has 38 heavy (non-hydrogen) atoms. The highest BCUT2D eigenvalue weighted by molar-refractivity contribution is 5.95. The van der Waals surface area contributed by atoms with Crippen LogP contribution in [-0.4, -0.2) is 57.4 Å². The van der Waals surface area contributed by atoms with Crippen LogP contribution in [0, 0.1) is 5.92 Å². The summed E-state index contributed by atoms with van der Waals surface area (Å²) in [7, 11) is 0. The molecule has 0 radical (unpaired) electrons. The lowest BCUT2D eigenvalue weighted by Gasteiger charge is -2.46. The molecule has 3 atom stereocenters. The number of aromatic hydroxyl groups is 2. The number of rotatable bonds is 12. The van der Waals surface area contributed by atoms with Gasteiger partial charge in [-0.3, -0.25) is 4.79 Å². The number of hydrogen-bond donors (Lipinski definition) is 4. The van der Waals surface area contributed by atoms with Gasteiger partial charge in [0.05, 0.1) is 5.60 Å². The molecule has 1 aliphatic heterocycles. The Morgan fingerprint density at radius 1 is 1.08 bits per heavy atom. The quantitative estimate of drug-likeness (QED) is 0.177. The Morgan fingerprint density at radius 3 is 2.66 bits per heavy atom. The average molecular weight is 521 g/mol. The Balaban J connectivity index is 1.40. The summed E-state index contributed by atoms with van der Waals surface area (Å²) >= 11 is 0. The zero-order chi connectivity index (χ0) is 27.0. The minimum absolute atomic E-state index is 0.0891. The first-order valence-electron chi connectivity index (χ1n) is 14.4. The monoisotopic (exact) mass is 520 g/mol. The predicted octanol–water partition coefficient (Wildman–Crippen LogP) is 5.11. The van der Waals surface area contributed by atoms with E-state index in [0.29, 0.717) is 19.3 Å². The highest BCUT2D eigenvalue weighted by Crippen LogP contribution is 2.42. The van der Waals surface area contributed by atoms with Gasteiger partial charge in [-0.1, -0.05) is 55.8 Å². The van der Waals surface area contributed by atoms with Crippen molar-refractivity contribution >= 4 is 5.91 Å². The highest BCUT2D eigenvalue weighted by atomic mass is 16.3. The molecule has 1 aliphatic carbocycles. The molecule has 2 aromatic rings. The van der Waals surface area contributed by atoms with E-state index in [1.807, 2.05) is 18.2 Å². The van der Waals surface area contributed by atoms with Crippen molar-refractivity contribution in [1.29, 1.82) is 0 Å². The maximum Gasteiger partial charge on any atom is 0.249 e. The van der Waals surface area contributed by atoms with E-state index >= 15 is 0 Å². The second kappa shape index (κ2) is 13.3. The van der Waals surface area contributed by atoms with Gasteiger partial charge < -0.3 is 25.5 Å². The first kappa shape index (κ1) is 28.2. The molecule has 0 aromatic heterocycles. The molecule has 6 heteroatoms. The van der Waals surface area contributed by atoms with E-state index in [2.05, 4.69) is 35.3 Å². The molecule has 4 N–H and O–H groups in total. The Labute approximate surface area is 227 Å². The maximum absolute atomic E-state index is 13.3. The van der Waals surface area contributed by atoms with Crippen LogP contribution in [0.1, 0.15) is 69.4 Å². The minimum atomic E-state index is -0.814. The third kappa shape index (κ3) is 7.17. The van der Waals surface area contributed by atoms with Crippen LogP contribution in [0.15, 0.2) is 60.2 Å². The van der Waals surface area contributed by atoms with Crippen molar-refractivity contribution in [2.45, 2.75) is 82.8 Å². The van der Waals surface area contributed by atoms with E-state index in [0.717, 1.165) is 75.7 Å². The number of nitrogens with one attached hydrogen (secondary N) is 1. The van der Waals surface area contributed by atoms with Crippen molar-refractivity contribution in [2.75, 3.05) is 19.6 Å². The van der Waals surface area contributed by atoms with Crippen LogP contribution in [0.4, 0.5) is 0 Å². The van der Waals surface area contributed by atoms with Gasteiger partial charge in [0.1, 0.15) is 0 Å². The molecule has 1 heterocycles. The highest BCUT2D eigenvalue weighted by Gasteiger charge is 2.44. The molecule has 1 saturated heterocycles. The molecule has 0 bridgehead atoms. The Morgan fingerprint density at radius 2 is 1.89 bits per heavy atom. The van der Waals surface area contributed by atoms with Gasteiger partial charge in [0.15, 0.2) is 11.5 Å². The van der Waals surface area contributed by atoms with Crippen LogP contribution in [0.3, 0.4) is 0 Å². The van der Waals surface area contributed by atoms with Crippen molar-refractivity contribution in [3.63, 3.8) is 0 Å². The molecule has 4 rings (SSSR count). The lowest BCUT2D eigenvalue weighted by atomic mass is 9.69.